The van der Waals surface area contributed by atoms with Crippen molar-refractivity contribution < 1.29 is 9.59 Å². The number of benzene rings is 2. The summed E-state index contributed by atoms with van der Waals surface area (Å²) in [4.78, 5) is 30.2. The fraction of sp³-hybridized carbons (Fsp3) is 0.533. The van der Waals surface area contributed by atoms with E-state index in [0.717, 1.165) is 58.3 Å². The van der Waals surface area contributed by atoms with Crippen molar-refractivity contribution in [1.29, 1.82) is 0 Å². The number of nitrogens with zero attached hydrogens (tertiary/aromatic N) is 2. The number of nitrogens with one attached hydrogen (secondary N) is 2. The highest BCUT2D eigenvalue weighted by Crippen LogP contribution is 2.57. The smallest absolute Gasteiger partial charge is 0.237 e. The zero-order chi connectivity index (χ0) is 24.3. The molecule has 6 heteroatoms. The largest absolute Gasteiger partial charge is 0.333 e. The number of rotatable bonds is 6. The van der Waals surface area contributed by atoms with Crippen LogP contribution in [0.15, 0.2) is 48.5 Å². The van der Waals surface area contributed by atoms with E-state index in [9.17, 15) is 9.59 Å². The molecule has 0 saturated heterocycles. The van der Waals surface area contributed by atoms with Gasteiger partial charge in [0.15, 0.2) is 0 Å². The van der Waals surface area contributed by atoms with Crippen molar-refractivity contribution in [3.8, 4) is 0 Å². The van der Waals surface area contributed by atoms with E-state index in [1.165, 1.54) is 28.7 Å². The van der Waals surface area contributed by atoms with Gasteiger partial charge in [-0.3, -0.25) is 9.59 Å². The van der Waals surface area contributed by atoms with Gasteiger partial charge in [-0.1, -0.05) is 48.5 Å². The van der Waals surface area contributed by atoms with Gasteiger partial charge in [-0.05, 0) is 72.6 Å². The number of carbonyl (C=O) groups is 2. The summed E-state index contributed by atoms with van der Waals surface area (Å²) in [6.07, 6.45) is 6.98. The maximum Gasteiger partial charge on any atom is 0.237 e. The minimum absolute atomic E-state index is 0.0201. The number of hydrogen-bond donors (Lipinski definition) is 2. The van der Waals surface area contributed by atoms with Crippen LogP contribution in [0.4, 0.5) is 0 Å². The van der Waals surface area contributed by atoms with Crippen molar-refractivity contribution in [3.05, 3.63) is 70.8 Å². The molecule has 8 rings (SSSR count). The van der Waals surface area contributed by atoms with Crippen LogP contribution in [0.2, 0.25) is 0 Å². The molecule has 2 aromatic carbocycles. The monoisotopic (exact) mass is 484 g/mol. The molecule has 188 valence electrons. The van der Waals surface area contributed by atoms with Crippen molar-refractivity contribution in [2.75, 3.05) is 13.1 Å². The predicted octanol–water partition coefficient (Wildman–Crippen LogP) is 3.34. The third-order valence-corrected chi connectivity index (χ3v) is 9.68. The third kappa shape index (κ3) is 3.95. The van der Waals surface area contributed by atoms with E-state index in [4.69, 9.17) is 0 Å². The van der Waals surface area contributed by atoms with Crippen LogP contribution in [0.5, 0.6) is 0 Å². The van der Waals surface area contributed by atoms with E-state index < -0.39 is 0 Å². The van der Waals surface area contributed by atoms with Crippen molar-refractivity contribution in [2.45, 2.75) is 75.8 Å². The molecule has 4 aliphatic carbocycles. The van der Waals surface area contributed by atoms with Gasteiger partial charge < -0.3 is 20.4 Å². The molecule has 0 radical (unpaired) electrons. The minimum atomic E-state index is 0.0201. The van der Waals surface area contributed by atoms with Crippen LogP contribution in [0, 0.1) is 11.8 Å². The second-order valence-corrected chi connectivity index (χ2v) is 12.3. The fourth-order valence-electron chi connectivity index (χ4n) is 8.45. The second kappa shape index (κ2) is 8.42. The average molecular weight is 485 g/mol. The molecular formula is C30H36N4O2. The molecule has 0 aromatic heterocycles. The Kier molecular flexibility index (Phi) is 5.26. The Labute approximate surface area is 213 Å². The SMILES string of the molecule is O=C(CNC12CC3CC(C1)CC(NCC(=O)N1Cc4ccccc4C1)(C3)C2)N1Cc2ccccc2C1. The molecular weight excluding hydrogens is 448 g/mol. The predicted molar refractivity (Wildman–Crippen MR) is 138 cm³/mol. The maximum atomic E-state index is 13.1. The molecule has 4 bridgehead atoms. The zero-order valence-electron chi connectivity index (χ0n) is 21.0. The van der Waals surface area contributed by atoms with Crippen LogP contribution in [0.3, 0.4) is 0 Å². The van der Waals surface area contributed by atoms with Crippen molar-refractivity contribution in [2.24, 2.45) is 11.8 Å². The fourth-order valence-corrected chi connectivity index (χ4v) is 8.45. The molecule has 0 atom stereocenters. The third-order valence-electron chi connectivity index (χ3n) is 9.68. The van der Waals surface area contributed by atoms with Gasteiger partial charge in [0, 0.05) is 37.3 Å². The van der Waals surface area contributed by atoms with Crippen molar-refractivity contribution >= 4 is 11.8 Å². The first-order chi connectivity index (χ1) is 17.5. The summed E-state index contributed by atoms with van der Waals surface area (Å²) >= 11 is 0. The van der Waals surface area contributed by atoms with Gasteiger partial charge in [0.1, 0.15) is 0 Å². The lowest BCUT2D eigenvalue weighted by Gasteiger charge is -2.62. The van der Waals surface area contributed by atoms with E-state index >= 15 is 0 Å². The molecule has 2 heterocycles. The first-order valence-electron chi connectivity index (χ1n) is 13.7. The molecule has 36 heavy (non-hydrogen) atoms. The Morgan fingerprint density at radius 2 is 1.03 bits per heavy atom. The normalized spacial score (nSPS) is 31.6. The maximum absolute atomic E-state index is 13.1. The minimum Gasteiger partial charge on any atom is -0.333 e. The molecule has 0 unspecified atom stereocenters. The van der Waals surface area contributed by atoms with Gasteiger partial charge in [-0.15, -0.1) is 0 Å². The van der Waals surface area contributed by atoms with Gasteiger partial charge in [-0.2, -0.15) is 0 Å². The van der Waals surface area contributed by atoms with Gasteiger partial charge in [0.05, 0.1) is 13.1 Å². The summed E-state index contributed by atoms with van der Waals surface area (Å²) in [7, 11) is 0. The van der Waals surface area contributed by atoms with Crippen LogP contribution >= 0.6 is 0 Å². The van der Waals surface area contributed by atoms with Gasteiger partial charge in [0.25, 0.3) is 0 Å². The molecule has 0 spiro atoms. The van der Waals surface area contributed by atoms with Crippen LogP contribution in [0.1, 0.15) is 60.8 Å². The highest BCUT2D eigenvalue weighted by atomic mass is 16.2. The van der Waals surface area contributed by atoms with Crippen LogP contribution in [-0.2, 0) is 35.8 Å². The molecule has 2 amide bonds. The standard InChI is InChI=1S/C30H36N4O2/c35-27(33-16-23-5-1-2-6-24(23)17-33)14-31-29-10-21-9-22(11-29)13-30(12-21,20-29)32-15-28(36)34-18-25-7-3-4-8-26(25)19-34/h1-8,21-22,31-32H,9-20H2. The molecule has 4 fully saturated rings. The first-order valence-corrected chi connectivity index (χ1v) is 13.7. The van der Waals surface area contributed by atoms with E-state index in [1.54, 1.807) is 0 Å². The summed E-state index contributed by atoms with van der Waals surface area (Å²) in [5.41, 5.74) is 5.13. The lowest BCUT2D eigenvalue weighted by atomic mass is 9.50. The van der Waals surface area contributed by atoms with E-state index in [-0.39, 0.29) is 22.9 Å². The molecule has 2 aliphatic heterocycles. The molecule has 4 saturated carbocycles. The summed E-state index contributed by atoms with van der Waals surface area (Å²) < 4.78 is 0. The first kappa shape index (κ1) is 22.5. The van der Waals surface area contributed by atoms with Crippen molar-refractivity contribution in [3.63, 3.8) is 0 Å². The number of carbonyl (C=O) groups excluding carboxylic acids is 2. The van der Waals surface area contributed by atoms with Crippen molar-refractivity contribution in [1.82, 2.24) is 20.4 Å². The molecule has 6 aliphatic rings. The number of hydrogen-bond acceptors (Lipinski definition) is 4. The average Bonchev–Trinajstić information content (AvgIpc) is 3.50. The lowest BCUT2D eigenvalue weighted by Crippen LogP contribution is -2.69. The molecule has 6 nitrogen and oxygen atoms in total. The summed E-state index contributed by atoms with van der Waals surface area (Å²) in [6, 6.07) is 16.7. The highest BCUT2D eigenvalue weighted by Gasteiger charge is 2.57. The Morgan fingerprint density at radius 3 is 1.39 bits per heavy atom. The highest BCUT2D eigenvalue weighted by molar-refractivity contribution is 5.79. The van der Waals surface area contributed by atoms with Gasteiger partial charge >= 0.3 is 0 Å². The summed E-state index contributed by atoms with van der Waals surface area (Å²) in [5.74, 6) is 1.77. The van der Waals surface area contributed by atoms with E-state index in [1.807, 2.05) is 9.80 Å². The molecule has 2 N–H and O–H groups in total. The Morgan fingerprint density at radius 1 is 0.667 bits per heavy atom. The zero-order valence-corrected chi connectivity index (χ0v) is 21.0. The molecule has 2 aromatic rings. The Balaban J connectivity index is 0.983. The van der Waals surface area contributed by atoms with E-state index in [0.29, 0.717) is 24.9 Å². The Bertz CT molecular complexity index is 1060. The van der Waals surface area contributed by atoms with Crippen LogP contribution in [0.25, 0.3) is 0 Å². The van der Waals surface area contributed by atoms with Gasteiger partial charge in [0.2, 0.25) is 11.8 Å². The quantitative estimate of drug-likeness (QED) is 0.660. The number of amides is 2. The summed E-state index contributed by atoms with van der Waals surface area (Å²) in [6.45, 7) is 3.72. The summed E-state index contributed by atoms with van der Waals surface area (Å²) in [5, 5.41) is 7.57. The van der Waals surface area contributed by atoms with Crippen LogP contribution in [-0.4, -0.2) is 45.8 Å². The number of fused-ring (bicyclic) bond motifs is 2. The second-order valence-electron chi connectivity index (χ2n) is 12.3. The topological polar surface area (TPSA) is 64.7 Å². The Hall–Kier alpha value is -2.70. The van der Waals surface area contributed by atoms with E-state index in [2.05, 4.69) is 59.2 Å². The van der Waals surface area contributed by atoms with Crippen LogP contribution < -0.4 is 10.6 Å². The lowest BCUT2D eigenvalue weighted by molar-refractivity contribution is -0.133. The van der Waals surface area contributed by atoms with Gasteiger partial charge in [-0.25, -0.2) is 0 Å².